The van der Waals surface area contributed by atoms with Crippen LogP contribution in [0.2, 0.25) is 0 Å². The van der Waals surface area contributed by atoms with Gasteiger partial charge in [0.1, 0.15) is 17.7 Å². The summed E-state index contributed by atoms with van der Waals surface area (Å²) >= 11 is 0. The zero-order valence-electron chi connectivity index (χ0n) is 6.07. The molecular weight excluding hydrogens is 150 g/mol. The van der Waals surface area contributed by atoms with Gasteiger partial charge in [0.15, 0.2) is 0 Å². The third kappa shape index (κ3) is 1.10. The van der Waals surface area contributed by atoms with Crippen molar-refractivity contribution < 1.29 is 0 Å². The molecule has 12 heavy (non-hydrogen) atoms. The van der Waals surface area contributed by atoms with Gasteiger partial charge in [-0.2, -0.15) is 15.8 Å². The zero-order valence-corrected chi connectivity index (χ0v) is 6.07. The Morgan fingerprint density at radius 2 is 1.83 bits per heavy atom. The van der Waals surface area contributed by atoms with Crippen LogP contribution in [-0.2, 0) is 0 Å². The van der Waals surface area contributed by atoms with Crippen molar-refractivity contribution in [1.82, 2.24) is 0 Å². The first kappa shape index (κ1) is 7.79. The number of hydrogen-bond donors (Lipinski definition) is 0. The van der Waals surface area contributed by atoms with E-state index in [2.05, 4.69) is 0 Å². The topological polar surface area (TPSA) is 71.4 Å². The lowest BCUT2D eigenvalue weighted by Gasteiger charge is -1.91. The molecule has 3 heteroatoms. The lowest BCUT2D eigenvalue weighted by Crippen LogP contribution is -1.84. The highest BCUT2D eigenvalue weighted by Crippen LogP contribution is 2.20. The number of hydrogen-bond acceptors (Lipinski definition) is 3. The number of allylic oxidation sites excluding steroid dienone is 6. The molecular formula is C9H3N3. The maximum Gasteiger partial charge on any atom is 0.138 e. The molecule has 54 valence electrons. The molecule has 0 unspecified atom stereocenters. The molecule has 1 rings (SSSR count). The Hall–Kier alpha value is -2.31. The fourth-order valence-electron chi connectivity index (χ4n) is 0.881. The SMILES string of the molecule is N#CC1=CC=CC1=C(C#N)C#N. The van der Waals surface area contributed by atoms with Crippen molar-refractivity contribution in [2.24, 2.45) is 0 Å². The first-order valence-electron chi connectivity index (χ1n) is 3.16. The fourth-order valence-corrected chi connectivity index (χ4v) is 0.881. The quantitative estimate of drug-likeness (QED) is 0.493. The molecule has 0 atom stereocenters. The van der Waals surface area contributed by atoms with Crippen molar-refractivity contribution in [3.63, 3.8) is 0 Å². The average molecular weight is 153 g/mol. The van der Waals surface area contributed by atoms with Crippen LogP contribution in [-0.4, -0.2) is 0 Å². The summed E-state index contributed by atoms with van der Waals surface area (Å²) in [6.45, 7) is 0. The monoisotopic (exact) mass is 153 g/mol. The Morgan fingerprint density at radius 3 is 2.33 bits per heavy atom. The van der Waals surface area contributed by atoms with Gasteiger partial charge in [0.25, 0.3) is 0 Å². The molecule has 1 aliphatic carbocycles. The van der Waals surface area contributed by atoms with Crippen LogP contribution in [0.25, 0.3) is 0 Å². The van der Waals surface area contributed by atoms with Crippen LogP contribution < -0.4 is 0 Å². The van der Waals surface area contributed by atoms with Crippen LogP contribution in [0.1, 0.15) is 0 Å². The smallest absolute Gasteiger partial charge is 0.138 e. The van der Waals surface area contributed by atoms with E-state index in [0.29, 0.717) is 11.1 Å². The van der Waals surface area contributed by atoms with E-state index in [0.717, 1.165) is 0 Å². The highest BCUT2D eigenvalue weighted by Gasteiger charge is 2.11. The van der Waals surface area contributed by atoms with Gasteiger partial charge in [0.2, 0.25) is 0 Å². The normalized spacial score (nSPS) is 12.8. The maximum atomic E-state index is 8.57. The van der Waals surface area contributed by atoms with E-state index in [1.165, 1.54) is 0 Å². The standard InChI is InChI=1S/C9H3N3/c10-4-7-2-1-3-9(7)8(5-11)6-12/h1-3H. The van der Waals surface area contributed by atoms with Crippen molar-refractivity contribution >= 4 is 0 Å². The number of nitriles is 3. The summed E-state index contributed by atoms with van der Waals surface area (Å²) in [7, 11) is 0. The Bertz CT molecular complexity index is 400. The Kier molecular flexibility index (Phi) is 2.07. The summed E-state index contributed by atoms with van der Waals surface area (Å²) in [5.74, 6) is 0. The van der Waals surface area contributed by atoms with E-state index in [9.17, 15) is 0 Å². The van der Waals surface area contributed by atoms with Gasteiger partial charge >= 0.3 is 0 Å². The van der Waals surface area contributed by atoms with E-state index in [4.69, 9.17) is 15.8 Å². The molecule has 0 bridgehead atoms. The first-order valence-corrected chi connectivity index (χ1v) is 3.16. The first-order chi connectivity index (χ1) is 5.83. The van der Waals surface area contributed by atoms with Crippen molar-refractivity contribution in [1.29, 1.82) is 15.8 Å². The maximum absolute atomic E-state index is 8.57. The molecule has 0 saturated carbocycles. The van der Waals surface area contributed by atoms with E-state index < -0.39 is 0 Å². The summed E-state index contributed by atoms with van der Waals surface area (Å²) in [5, 5.41) is 25.6. The van der Waals surface area contributed by atoms with Gasteiger partial charge in [-0.05, 0) is 6.08 Å². The van der Waals surface area contributed by atoms with E-state index in [1.807, 2.05) is 6.07 Å². The predicted octanol–water partition coefficient (Wildman–Crippen LogP) is 1.35. The molecule has 0 aromatic heterocycles. The summed E-state index contributed by atoms with van der Waals surface area (Å²) in [6.07, 6.45) is 4.80. The van der Waals surface area contributed by atoms with Crippen LogP contribution in [0, 0.1) is 34.0 Å². The summed E-state index contributed by atoms with van der Waals surface area (Å²) in [4.78, 5) is 0. The van der Waals surface area contributed by atoms with Gasteiger partial charge in [0, 0.05) is 5.57 Å². The van der Waals surface area contributed by atoms with Crippen molar-refractivity contribution in [2.45, 2.75) is 0 Å². The van der Waals surface area contributed by atoms with Crippen molar-refractivity contribution in [3.8, 4) is 18.2 Å². The Morgan fingerprint density at radius 1 is 1.17 bits per heavy atom. The second-order valence-corrected chi connectivity index (χ2v) is 2.06. The lowest BCUT2D eigenvalue weighted by molar-refractivity contribution is 1.42. The van der Waals surface area contributed by atoms with E-state index in [-0.39, 0.29) is 5.57 Å². The number of rotatable bonds is 0. The largest absolute Gasteiger partial charge is 0.192 e. The molecule has 0 fully saturated rings. The van der Waals surface area contributed by atoms with Gasteiger partial charge < -0.3 is 0 Å². The molecule has 0 spiro atoms. The molecule has 0 amide bonds. The minimum absolute atomic E-state index is 0.0171. The predicted molar refractivity (Wildman–Crippen MR) is 41.1 cm³/mol. The van der Waals surface area contributed by atoms with Gasteiger partial charge in [-0.15, -0.1) is 0 Å². The highest BCUT2D eigenvalue weighted by molar-refractivity contribution is 5.62. The molecule has 3 nitrogen and oxygen atoms in total. The molecule has 1 aliphatic rings. The number of nitrogens with zero attached hydrogens (tertiary/aromatic N) is 3. The fraction of sp³-hybridized carbons (Fsp3) is 0. The van der Waals surface area contributed by atoms with E-state index in [1.54, 1.807) is 30.4 Å². The highest BCUT2D eigenvalue weighted by atomic mass is 14.3. The van der Waals surface area contributed by atoms with Gasteiger partial charge in [-0.1, -0.05) is 12.2 Å². The van der Waals surface area contributed by atoms with Crippen LogP contribution in [0.15, 0.2) is 34.9 Å². The molecule has 0 heterocycles. The van der Waals surface area contributed by atoms with Crippen LogP contribution in [0.5, 0.6) is 0 Å². The molecule has 0 aromatic carbocycles. The zero-order chi connectivity index (χ0) is 8.97. The van der Waals surface area contributed by atoms with E-state index >= 15 is 0 Å². The minimum atomic E-state index is -0.0171. The molecule has 0 saturated heterocycles. The Balaban J connectivity index is 3.26. The van der Waals surface area contributed by atoms with Gasteiger partial charge in [-0.25, -0.2) is 0 Å². The molecule has 0 aliphatic heterocycles. The summed E-state index contributed by atoms with van der Waals surface area (Å²) in [6, 6.07) is 5.37. The third-order valence-electron chi connectivity index (χ3n) is 1.43. The van der Waals surface area contributed by atoms with Crippen LogP contribution in [0.4, 0.5) is 0 Å². The average Bonchev–Trinajstić information content (AvgIpc) is 2.55. The molecule has 0 N–H and O–H groups in total. The molecule has 0 aromatic rings. The van der Waals surface area contributed by atoms with Crippen LogP contribution >= 0.6 is 0 Å². The van der Waals surface area contributed by atoms with Gasteiger partial charge in [0.05, 0.1) is 11.6 Å². The van der Waals surface area contributed by atoms with Crippen LogP contribution in [0.3, 0.4) is 0 Å². The lowest BCUT2D eigenvalue weighted by atomic mass is 10.1. The van der Waals surface area contributed by atoms with Crippen molar-refractivity contribution in [2.75, 3.05) is 0 Å². The van der Waals surface area contributed by atoms with Gasteiger partial charge in [-0.3, -0.25) is 0 Å². The van der Waals surface area contributed by atoms with Crippen molar-refractivity contribution in [3.05, 3.63) is 34.9 Å². The third-order valence-corrected chi connectivity index (χ3v) is 1.43. The Labute approximate surface area is 69.8 Å². The second kappa shape index (κ2) is 3.19. The molecule has 0 radical (unpaired) electrons. The summed E-state index contributed by atoms with van der Waals surface area (Å²) in [5.41, 5.74) is 0.771. The minimum Gasteiger partial charge on any atom is -0.192 e. The summed E-state index contributed by atoms with van der Waals surface area (Å²) < 4.78 is 0. The second-order valence-electron chi connectivity index (χ2n) is 2.06.